The third-order valence-electron chi connectivity index (χ3n) is 3.82. The van der Waals surface area contributed by atoms with Crippen molar-refractivity contribution in [1.82, 2.24) is 14.5 Å². The Morgan fingerprint density at radius 2 is 1.85 bits per heavy atom. The molecular formula is C16H13N6O5-. The number of rotatable bonds is 4. The van der Waals surface area contributed by atoms with E-state index in [1.165, 1.54) is 32.4 Å². The Bertz CT molecular complexity index is 1110. The van der Waals surface area contributed by atoms with Crippen molar-refractivity contribution in [3.05, 3.63) is 45.4 Å². The van der Waals surface area contributed by atoms with E-state index in [0.717, 1.165) is 10.6 Å². The number of methoxy groups -OCH3 is 2. The van der Waals surface area contributed by atoms with Crippen molar-refractivity contribution in [2.45, 2.75) is 0 Å². The zero-order chi connectivity index (χ0) is 19.7. The summed E-state index contributed by atoms with van der Waals surface area (Å²) in [6, 6.07) is 7.06. The molecule has 11 heteroatoms. The van der Waals surface area contributed by atoms with E-state index in [4.69, 9.17) is 20.4 Å². The van der Waals surface area contributed by atoms with Crippen molar-refractivity contribution in [3.8, 4) is 23.8 Å². The van der Waals surface area contributed by atoms with Crippen molar-refractivity contribution in [2.75, 3.05) is 25.2 Å². The molecule has 3 rings (SSSR count). The molecule has 0 aliphatic heterocycles. The van der Waals surface area contributed by atoms with Crippen LogP contribution in [0.5, 0.6) is 11.8 Å². The first kappa shape index (κ1) is 17.9. The highest BCUT2D eigenvalue weighted by molar-refractivity contribution is 5.93. The molecule has 0 atom stereocenters. The Labute approximate surface area is 152 Å². The van der Waals surface area contributed by atoms with E-state index in [9.17, 15) is 15.3 Å². The maximum Gasteiger partial charge on any atom is 0.267 e. The fourth-order valence-corrected chi connectivity index (χ4v) is 2.54. The van der Waals surface area contributed by atoms with Crippen molar-refractivity contribution in [3.63, 3.8) is 0 Å². The van der Waals surface area contributed by atoms with E-state index >= 15 is 0 Å². The Morgan fingerprint density at radius 1 is 1.22 bits per heavy atom. The van der Waals surface area contributed by atoms with Gasteiger partial charge in [0, 0.05) is 5.39 Å². The van der Waals surface area contributed by atoms with Crippen LogP contribution in [0.2, 0.25) is 0 Å². The summed E-state index contributed by atoms with van der Waals surface area (Å²) in [4.78, 5) is 21.1. The molecule has 0 spiro atoms. The monoisotopic (exact) mass is 369 g/mol. The number of ether oxygens (including phenoxy) is 2. The minimum atomic E-state index is -0.694. The predicted octanol–water partition coefficient (Wildman–Crippen LogP) is 0.945. The van der Waals surface area contributed by atoms with Crippen LogP contribution in [0.15, 0.2) is 29.1 Å². The molecule has 0 fully saturated rings. The summed E-state index contributed by atoms with van der Waals surface area (Å²) < 4.78 is 11.0. The van der Waals surface area contributed by atoms with Crippen LogP contribution in [-0.2, 0) is 0 Å². The minimum Gasteiger partial charge on any atom is -0.733 e. The average molecular weight is 369 g/mol. The molecule has 3 N–H and O–H groups in total. The zero-order valence-electron chi connectivity index (χ0n) is 14.2. The third kappa shape index (κ3) is 2.95. The second-order valence-electron chi connectivity index (χ2n) is 5.27. The van der Waals surface area contributed by atoms with Crippen LogP contribution in [0.25, 0.3) is 16.7 Å². The van der Waals surface area contributed by atoms with Gasteiger partial charge in [0.1, 0.15) is 17.5 Å². The number of hydrogen-bond acceptors (Lipinski definition) is 10. The summed E-state index contributed by atoms with van der Waals surface area (Å²) in [6.07, 6.45) is 0. The van der Waals surface area contributed by atoms with Gasteiger partial charge in [0.15, 0.2) is 0 Å². The predicted molar refractivity (Wildman–Crippen MR) is 95.0 cm³/mol. The normalized spacial score (nSPS) is 10.5. The topological polar surface area (TPSA) is 163 Å². The van der Waals surface area contributed by atoms with Gasteiger partial charge in [-0.2, -0.15) is 15.2 Å². The Hall–Kier alpha value is -3.88. The average Bonchev–Trinajstić information content (AvgIpc) is 2.67. The van der Waals surface area contributed by atoms with Gasteiger partial charge in [-0.1, -0.05) is 6.07 Å². The van der Waals surface area contributed by atoms with E-state index in [2.05, 4.69) is 9.97 Å². The summed E-state index contributed by atoms with van der Waals surface area (Å²) in [5.74, 6) is -0.158. The van der Waals surface area contributed by atoms with Crippen molar-refractivity contribution in [1.29, 1.82) is 5.26 Å². The molecule has 138 valence electrons. The number of benzene rings is 1. The second kappa shape index (κ2) is 6.79. The molecule has 0 radical (unpaired) electrons. The van der Waals surface area contributed by atoms with E-state index < -0.39 is 10.8 Å². The molecule has 1 aromatic carbocycles. The minimum absolute atomic E-state index is 0.0167. The molecule has 2 aromatic heterocycles. The van der Waals surface area contributed by atoms with Crippen LogP contribution in [0, 0.1) is 16.5 Å². The molecule has 0 saturated heterocycles. The standard InChI is InChI=1S/C16H13N6O5/c1-26-12-6-13(27-2)20-16(19-12)21-14(18)11(7-17)9-4-3-8(22(24)25)5-10(9)15(21)23/h3-6,24H,18H2,1-2H3/q-1. The molecule has 27 heavy (non-hydrogen) atoms. The van der Waals surface area contributed by atoms with Crippen molar-refractivity contribution in [2.24, 2.45) is 0 Å². The number of pyridine rings is 1. The summed E-state index contributed by atoms with van der Waals surface area (Å²) in [7, 11) is 2.74. The van der Waals surface area contributed by atoms with Crippen LogP contribution in [-0.4, -0.2) is 34.0 Å². The number of aromatic nitrogens is 3. The van der Waals surface area contributed by atoms with Gasteiger partial charge < -0.3 is 25.6 Å². The number of fused-ring (bicyclic) bond motifs is 1. The van der Waals surface area contributed by atoms with Gasteiger partial charge in [-0.3, -0.25) is 10.0 Å². The third-order valence-corrected chi connectivity index (χ3v) is 3.82. The van der Waals surface area contributed by atoms with Gasteiger partial charge in [0.2, 0.25) is 17.7 Å². The number of hydrogen-bond donors (Lipinski definition) is 2. The first-order valence-corrected chi connectivity index (χ1v) is 7.43. The lowest BCUT2D eigenvalue weighted by molar-refractivity contribution is 0.296. The highest BCUT2D eigenvalue weighted by Crippen LogP contribution is 2.27. The summed E-state index contributed by atoms with van der Waals surface area (Å²) in [5, 5.41) is 29.6. The van der Waals surface area contributed by atoms with Gasteiger partial charge in [0.05, 0.1) is 31.4 Å². The highest BCUT2D eigenvalue weighted by Gasteiger charge is 2.19. The molecule has 0 unspecified atom stereocenters. The van der Waals surface area contributed by atoms with Gasteiger partial charge in [0.25, 0.3) is 5.56 Å². The number of nitrogens with two attached hydrogens (primary N) is 1. The quantitative estimate of drug-likeness (QED) is 0.633. The van der Waals surface area contributed by atoms with Gasteiger partial charge >= 0.3 is 0 Å². The van der Waals surface area contributed by atoms with Gasteiger partial charge in [-0.15, -0.1) is 0 Å². The lowest BCUT2D eigenvalue weighted by Crippen LogP contribution is -2.25. The molecule has 0 aliphatic rings. The van der Waals surface area contributed by atoms with Crippen LogP contribution in [0.1, 0.15) is 5.56 Å². The second-order valence-corrected chi connectivity index (χ2v) is 5.27. The van der Waals surface area contributed by atoms with Crippen LogP contribution >= 0.6 is 0 Å². The summed E-state index contributed by atoms with van der Waals surface area (Å²) in [5.41, 5.74) is 5.13. The smallest absolute Gasteiger partial charge is 0.267 e. The summed E-state index contributed by atoms with van der Waals surface area (Å²) in [6.45, 7) is 0. The molecular weight excluding hydrogens is 356 g/mol. The molecule has 0 aliphatic carbocycles. The maximum absolute atomic E-state index is 13.0. The Balaban J connectivity index is 2.43. The molecule has 3 aromatic rings. The number of anilines is 2. The maximum atomic E-state index is 13.0. The van der Waals surface area contributed by atoms with Gasteiger partial charge in [-0.05, 0) is 12.1 Å². The lowest BCUT2D eigenvalue weighted by Gasteiger charge is -2.22. The van der Waals surface area contributed by atoms with Crippen molar-refractivity contribution < 1.29 is 14.7 Å². The van der Waals surface area contributed by atoms with Crippen LogP contribution in [0.3, 0.4) is 0 Å². The lowest BCUT2D eigenvalue weighted by atomic mass is 10.1. The zero-order valence-corrected chi connectivity index (χ0v) is 14.2. The van der Waals surface area contributed by atoms with Crippen LogP contribution < -0.4 is 26.0 Å². The number of nitrogens with zero attached hydrogens (tertiary/aromatic N) is 5. The van der Waals surface area contributed by atoms with Crippen LogP contribution in [0.4, 0.5) is 11.5 Å². The Kier molecular flexibility index (Phi) is 4.51. The Morgan fingerprint density at radius 3 is 2.37 bits per heavy atom. The van der Waals surface area contributed by atoms with Crippen molar-refractivity contribution >= 4 is 22.3 Å². The van der Waals surface area contributed by atoms with E-state index in [1.807, 2.05) is 6.07 Å². The number of nitrogen functional groups attached to an aromatic ring is 1. The fourth-order valence-electron chi connectivity index (χ4n) is 2.54. The number of nitriles is 1. The van der Waals surface area contributed by atoms with E-state index in [1.54, 1.807) is 0 Å². The molecule has 0 amide bonds. The largest absolute Gasteiger partial charge is 0.733 e. The summed E-state index contributed by atoms with van der Waals surface area (Å²) >= 11 is 0. The molecule has 0 saturated carbocycles. The SMILES string of the molecule is COc1cc(OC)nc(-n2c(N)c(C#N)c3ccc(N([O-])O)cc3c2=O)n1. The van der Waals surface area contributed by atoms with Gasteiger partial charge in [-0.25, -0.2) is 4.57 Å². The van der Waals surface area contributed by atoms with E-state index in [-0.39, 0.29) is 45.5 Å². The molecule has 0 bridgehead atoms. The molecule has 11 nitrogen and oxygen atoms in total. The van der Waals surface area contributed by atoms with E-state index in [0.29, 0.717) is 0 Å². The first-order valence-electron chi connectivity index (χ1n) is 7.43. The first-order chi connectivity index (χ1) is 12.9. The highest BCUT2D eigenvalue weighted by atomic mass is 16.8. The fraction of sp³-hybridized carbons (Fsp3) is 0.125. The molecule has 2 heterocycles.